The fraction of sp³-hybridized carbons (Fsp3) is 1.00. The molecule has 0 aromatic carbocycles. The molecule has 1 aliphatic carbocycles. The Morgan fingerprint density at radius 3 is 2.40 bits per heavy atom. The van der Waals surface area contributed by atoms with Crippen LogP contribution in [0.3, 0.4) is 0 Å². The molecule has 1 saturated carbocycles. The summed E-state index contributed by atoms with van der Waals surface area (Å²) in [5, 5.41) is 13.1. The molecule has 0 aromatic rings. The maximum atomic E-state index is 9.89. The Morgan fingerprint density at radius 1 is 1.10 bits per heavy atom. The van der Waals surface area contributed by atoms with Gasteiger partial charge >= 0.3 is 0 Å². The van der Waals surface area contributed by atoms with Gasteiger partial charge in [0, 0.05) is 27.3 Å². The highest BCUT2D eigenvalue weighted by Crippen LogP contribution is 2.25. The smallest absolute Gasteiger partial charge is 0.0928 e. The number of ether oxygens (including phenoxy) is 3. The van der Waals surface area contributed by atoms with E-state index in [1.165, 1.54) is 12.8 Å². The highest BCUT2D eigenvalue weighted by molar-refractivity contribution is 4.71. The molecule has 120 valence electrons. The van der Waals surface area contributed by atoms with Crippen LogP contribution in [0, 0.1) is 5.92 Å². The summed E-state index contributed by atoms with van der Waals surface area (Å²) in [5.74, 6) is 0.827. The fourth-order valence-electron chi connectivity index (χ4n) is 2.51. The fourth-order valence-corrected chi connectivity index (χ4v) is 2.51. The summed E-state index contributed by atoms with van der Waals surface area (Å²) in [5.41, 5.74) is 0. The van der Waals surface area contributed by atoms with Crippen molar-refractivity contribution in [3.05, 3.63) is 0 Å². The van der Waals surface area contributed by atoms with E-state index >= 15 is 0 Å². The van der Waals surface area contributed by atoms with Gasteiger partial charge in [0.2, 0.25) is 0 Å². The molecule has 1 rings (SSSR count). The molecule has 0 aromatic heterocycles. The van der Waals surface area contributed by atoms with E-state index in [2.05, 4.69) is 12.2 Å². The molecule has 5 nitrogen and oxygen atoms in total. The lowest BCUT2D eigenvalue weighted by Gasteiger charge is -2.27. The van der Waals surface area contributed by atoms with Crippen LogP contribution in [0.4, 0.5) is 0 Å². The Morgan fingerprint density at radius 2 is 1.80 bits per heavy atom. The van der Waals surface area contributed by atoms with Crippen LogP contribution in [-0.4, -0.2) is 63.9 Å². The molecule has 0 radical (unpaired) electrons. The van der Waals surface area contributed by atoms with E-state index in [0.717, 1.165) is 18.8 Å². The van der Waals surface area contributed by atoms with Gasteiger partial charge in [-0.3, -0.25) is 0 Å². The molecule has 0 amide bonds. The number of hydrogen-bond donors (Lipinski definition) is 2. The second kappa shape index (κ2) is 10.5. The summed E-state index contributed by atoms with van der Waals surface area (Å²) in [4.78, 5) is 0. The minimum Gasteiger partial charge on any atom is -0.389 e. The van der Waals surface area contributed by atoms with Crippen molar-refractivity contribution >= 4 is 0 Å². The van der Waals surface area contributed by atoms with Gasteiger partial charge in [0.1, 0.15) is 0 Å². The summed E-state index contributed by atoms with van der Waals surface area (Å²) >= 11 is 0. The van der Waals surface area contributed by atoms with Gasteiger partial charge in [-0.15, -0.1) is 0 Å². The lowest BCUT2D eigenvalue weighted by atomic mass is 9.89. The van der Waals surface area contributed by atoms with E-state index in [1.807, 2.05) is 0 Å². The first-order valence-electron chi connectivity index (χ1n) is 7.67. The Labute approximate surface area is 123 Å². The van der Waals surface area contributed by atoms with Crippen molar-refractivity contribution in [1.82, 2.24) is 5.32 Å². The highest BCUT2D eigenvalue weighted by Gasteiger charge is 2.19. The Balaban J connectivity index is 2.03. The minimum atomic E-state index is -0.464. The molecule has 0 spiro atoms. The van der Waals surface area contributed by atoms with E-state index in [-0.39, 0.29) is 6.10 Å². The van der Waals surface area contributed by atoms with Crippen LogP contribution in [0.25, 0.3) is 0 Å². The lowest BCUT2D eigenvalue weighted by molar-refractivity contribution is -0.0294. The Hall–Kier alpha value is -0.200. The Kier molecular flexibility index (Phi) is 9.39. The van der Waals surface area contributed by atoms with Gasteiger partial charge in [-0.25, -0.2) is 0 Å². The monoisotopic (exact) mass is 289 g/mol. The minimum absolute atomic E-state index is 0.0213. The molecule has 2 N–H and O–H groups in total. The van der Waals surface area contributed by atoms with Gasteiger partial charge in [0.05, 0.1) is 31.5 Å². The molecule has 0 heterocycles. The third-order valence-electron chi connectivity index (χ3n) is 3.93. The molecule has 1 fully saturated rings. The van der Waals surface area contributed by atoms with Crippen molar-refractivity contribution in [3.63, 3.8) is 0 Å². The predicted octanol–water partition coefficient (Wildman–Crippen LogP) is 1.19. The highest BCUT2D eigenvalue weighted by atomic mass is 16.5. The average Bonchev–Trinajstić information content (AvgIpc) is 2.45. The second-order valence-electron chi connectivity index (χ2n) is 5.84. The van der Waals surface area contributed by atoms with Crippen molar-refractivity contribution in [2.24, 2.45) is 5.92 Å². The lowest BCUT2D eigenvalue weighted by Crippen LogP contribution is -2.38. The first-order valence-corrected chi connectivity index (χ1v) is 7.67. The molecular formula is C15H31NO4. The van der Waals surface area contributed by atoms with E-state index in [0.29, 0.717) is 32.4 Å². The topological polar surface area (TPSA) is 60.0 Å². The number of aliphatic hydroxyl groups excluding tert-OH is 1. The van der Waals surface area contributed by atoms with E-state index in [9.17, 15) is 5.11 Å². The largest absolute Gasteiger partial charge is 0.389 e. The SMILES string of the molecule is COCC(CNCC(O)COC1CCC(C)CC1)OC. The van der Waals surface area contributed by atoms with Gasteiger partial charge in [0.15, 0.2) is 0 Å². The zero-order chi connectivity index (χ0) is 14.8. The maximum Gasteiger partial charge on any atom is 0.0928 e. The molecule has 2 unspecified atom stereocenters. The molecule has 1 aliphatic rings. The van der Waals surface area contributed by atoms with E-state index < -0.39 is 6.10 Å². The standard InChI is InChI=1S/C15H31NO4/c1-12-4-6-14(7-5-12)20-10-13(17)8-16-9-15(19-3)11-18-2/h12-17H,4-11H2,1-3H3. The molecule has 5 heteroatoms. The summed E-state index contributed by atoms with van der Waals surface area (Å²) in [6, 6.07) is 0. The zero-order valence-corrected chi connectivity index (χ0v) is 13.1. The zero-order valence-electron chi connectivity index (χ0n) is 13.1. The molecule has 0 aliphatic heterocycles. The first kappa shape index (κ1) is 17.9. The van der Waals surface area contributed by atoms with Crippen LogP contribution in [0.2, 0.25) is 0 Å². The summed E-state index contributed by atoms with van der Waals surface area (Å²) in [6.07, 6.45) is 4.63. The molecule has 0 bridgehead atoms. The molecule has 2 atom stereocenters. The van der Waals surface area contributed by atoms with Gasteiger partial charge in [-0.2, -0.15) is 0 Å². The number of nitrogens with one attached hydrogen (secondary N) is 1. The van der Waals surface area contributed by atoms with Crippen LogP contribution < -0.4 is 5.32 Å². The van der Waals surface area contributed by atoms with Crippen LogP contribution in [0.1, 0.15) is 32.6 Å². The van der Waals surface area contributed by atoms with Crippen LogP contribution in [0.15, 0.2) is 0 Å². The van der Waals surface area contributed by atoms with Gasteiger partial charge in [0.25, 0.3) is 0 Å². The number of aliphatic hydroxyl groups is 1. The summed E-state index contributed by atoms with van der Waals surface area (Å²) in [7, 11) is 3.31. The van der Waals surface area contributed by atoms with Crippen molar-refractivity contribution < 1.29 is 19.3 Å². The van der Waals surface area contributed by atoms with Crippen molar-refractivity contribution in [2.45, 2.75) is 50.9 Å². The molecular weight excluding hydrogens is 258 g/mol. The third-order valence-corrected chi connectivity index (χ3v) is 3.93. The van der Waals surface area contributed by atoms with Crippen molar-refractivity contribution in [2.75, 3.05) is 40.5 Å². The van der Waals surface area contributed by atoms with Gasteiger partial charge in [-0.1, -0.05) is 6.92 Å². The van der Waals surface area contributed by atoms with Gasteiger partial charge in [-0.05, 0) is 31.6 Å². The Bertz CT molecular complexity index is 232. The average molecular weight is 289 g/mol. The van der Waals surface area contributed by atoms with E-state index in [4.69, 9.17) is 14.2 Å². The molecule has 0 saturated heterocycles. The van der Waals surface area contributed by atoms with Crippen LogP contribution in [-0.2, 0) is 14.2 Å². The number of methoxy groups -OCH3 is 2. The van der Waals surface area contributed by atoms with Crippen LogP contribution >= 0.6 is 0 Å². The number of hydrogen-bond acceptors (Lipinski definition) is 5. The van der Waals surface area contributed by atoms with Gasteiger partial charge < -0.3 is 24.6 Å². The van der Waals surface area contributed by atoms with E-state index in [1.54, 1.807) is 14.2 Å². The molecule has 20 heavy (non-hydrogen) atoms. The summed E-state index contributed by atoms with van der Waals surface area (Å²) in [6.45, 7) is 4.45. The first-order chi connectivity index (χ1) is 9.65. The number of rotatable bonds is 10. The maximum absolute atomic E-state index is 9.89. The van der Waals surface area contributed by atoms with Crippen LogP contribution in [0.5, 0.6) is 0 Å². The predicted molar refractivity (Wildman–Crippen MR) is 78.9 cm³/mol. The third kappa shape index (κ3) is 7.55. The second-order valence-corrected chi connectivity index (χ2v) is 5.84. The van der Waals surface area contributed by atoms with Crippen molar-refractivity contribution in [3.8, 4) is 0 Å². The summed E-state index contributed by atoms with van der Waals surface area (Å²) < 4.78 is 16.1. The normalized spacial score (nSPS) is 26.4. The quantitative estimate of drug-likeness (QED) is 0.633. The van der Waals surface area contributed by atoms with Crippen molar-refractivity contribution in [1.29, 1.82) is 0 Å².